The molecule has 14 nitrogen and oxygen atoms in total. The largest absolute Gasteiger partial charge is 0.494 e. The van der Waals surface area contributed by atoms with Gasteiger partial charge in [-0.25, -0.2) is 9.59 Å². The van der Waals surface area contributed by atoms with E-state index in [0.717, 1.165) is 30.2 Å². The van der Waals surface area contributed by atoms with E-state index in [0.29, 0.717) is 74.4 Å². The maximum Gasteiger partial charge on any atom is 0.343 e. The minimum Gasteiger partial charge on any atom is -0.494 e. The van der Waals surface area contributed by atoms with Crippen LogP contribution < -0.4 is 36.5 Å². The normalized spacial score (nSPS) is 12.0. The zero-order valence-corrected chi connectivity index (χ0v) is 31.2. The third-order valence-electron chi connectivity index (χ3n) is 8.76. The van der Waals surface area contributed by atoms with Crippen molar-refractivity contribution in [2.45, 2.75) is 77.2 Å². The highest BCUT2D eigenvalue weighted by Gasteiger charge is 2.22. The molecule has 2 atom stereocenters. The molecule has 0 saturated carbocycles. The van der Waals surface area contributed by atoms with Crippen LogP contribution >= 0.6 is 0 Å². The third-order valence-corrected chi connectivity index (χ3v) is 8.76. The molecule has 3 aromatic carbocycles. The molecule has 0 aromatic heterocycles. The molecule has 2 unspecified atom stereocenters. The Morgan fingerprint density at radius 2 is 1.33 bits per heavy atom. The molecular weight excluding hydrogens is 692 g/mol. The number of hydrogen-bond donors (Lipinski definition) is 7. The van der Waals surface area contributed by atoms with Crippen molar-refractivity contribution >= 4 is 46.3 Å². The monoisotopic (exact) mass is 746 g/mol. The lowest BCUT2D eigenvalue weighted by Crippen LogP contribution is -2.43. The van der Waals surface area contributed by atoms with E-state index in [1.165, 1.54) is 0 Å². The van der Waals surface area contributed by atoms with Gasteiger partial charge in [0.25, 0.3) is 0 Å². The summed E-state index contributed by atoms with van der Waals surface area (Å²) in [6, 6.07) is 16.2. The molecular formula is C40H54N6O8. The summed E-state index contributed by atoms with van der Waals surface area (Å²) >= 11 is 0. The van der Waals surface area contributed by atoms with E-state index in [1.807, 2.05) is 13.1 Å². The number of carbonyl (C=O) groups is 5. The van der Waals surface area contributed by atoms with E-state index in [1.54, 1.807) is 61.5 Å². The fraction of sp³-hybridized carbons (Fsp3) is 0.450. The molecule has 0 bridgehead atoms. The standard InChI is InChI=1S/C40H54N6O8/c1-27(9-3-5-21-43-2)38(49)46-34(39(50)51)10-4-6-22-44-35(47)11-7-12-36(48)45-23-8-24-53-32-18-15-28(16-19-32)40(52)54-33-20-17-29-25-31(37(41)42)14-13-30(29)26-33/h13-20,25-27,34,43H,3-12,21-24H2,1-2H3,(H3,41,42)(H,44,47)(H,45,48)(H,46,49)(H,50,51). The van der Waals surface area contributed by atoms with Crippen LogP contribution in [0, 0.1) is 11.3 Å². The first kappa shape index (κ1) is 42.9. The fourth-order valence-electron chi connectivity index (χ4n) is 5.54. The van der Waals surface area contributed by atoms with Gasteiger partial charge in [-0.2, -0.15) is 0 Å². The highest BCUT2D eigenvalue weighted by molar-refractivity contribution is 5.99. The Morgan fingerprint density at radius 3 is 2.00 bits per heavy atom. The molecule has 3 rings (SSSR count). The predicted molar refractivity (Wildman–Crippen MR) is 207 cm³/mol. The molecule has 3 amide bonds. The molecule has 0 spiro atoms. The Bertz CT molecular complexity index is 1710. The highest BCUT2D eigenvalue weighted by atomic mass is 16.5. The second-order valence-corrected chi connectivity index (χ2v) is 13.2. The second kappa shape index (κ2) is 23.2. The number of carboxylic acid groups (broad SMARTS) is 1. The maximum absolute atomic E-state index is 12.7. The zero-order chi connectivity index (χ0) is 39.3. The molecule has 0 aliphatic rings. The summed E-state index contributed by atoms with van der Waals surface area (Å²) in [7, 11) is 1.87. The maximum atomic E-state index is 12.7. The lowest BCUT2D eigenvalue weighted by Gasteiger charge is -2.18. The molecule has 3 aromatic rings. The van der Waals surface area contributed by atoms with Gasteiger partial charge >= 0.3 is 11.9 Å². The minimum absolute atomic E-state index is 0.0168. The van der Waals surface area contributed by atoms with E-state index < -0.39 is 18.0 Å². The Labute approximate surface area is 316 Å². The number of ether oxygens (including phenoxy) is 2. The van der Waals surface area contributed by atoms with Crippen molar-refractivity contribution in [3.8, 4) is 11.5 Å². The number of amidine groups is 1. The molecule has 0 radical (unpaired) electrons. The molecule has 292 valence electrons. The first-order chi connectivity index (χ1) is 26.0. The smallest absolute Gasteiger partial charge is 0.343 e. The number of esters is 1. The molecule has 54 heavy (non-hydrogen) atoms. The summed E-state index contributed by atoms with van der Waals surface area (Å²) in [4.78, 5) is 61.0. The number of benzene rings is 3. The van der Waals surface area contributed by atoms with Crippen LogP contribution in [0.4, 0.5) is 0 Å². The van der Waals surface area contributed by atoms with Crippen molar-refractivity contribution in [1.29, 1.82) is 5.41 Å². The van der Waals surface area contributed by atoms with Gasteiger partial charge in [-0.3, -0.25) is 19.8 Å². The van der Waals surface area contributed by atoms with Crippen LogP contribution in [0.1, 0.15) is 87.1 Å². The number of nitrogens with two attached hydrogens (primary N) is 1. The summed E-state index contributed by atoms with van der Waals surface area (Å²) in [6.45, 7) is 3.82. The average molecular weight is 747 g/mol. The SMILES string of the molecule is CNCCCCC(C)C(=O)NC(CCCCNC(=O)CCCC(=O)NCCCOc1ccc(C(=O)Oc2ccc3cc(C(=N)N)ccc3c2)cc1)C(=O)O. The number of rotatable bonds is 25. The van der Waals surface area contributed by atoms with Gasteiger partial charge in [-0.15, -0.1) is 0 Å². The number of nitrogen functional groups attached to an aromatic ring is 1. The van der Waals surface area contributed by atoms with Crippen molar-refractivity contribution < 1.29 is 38.6 Å². The van der Waals surface area contributed by atoms with Gasteiger partial charge in [0.1, 0.15) is 23.4 Å². The summed E-state index contributed by atoms with van der Waals surface area (Å²) in [5.74, 6) is -1.49. The van der Waals surface area contributed by atoms with Crippen molar-refractivity contribution in [2.24, 2.45) is 11.7 Å². The topological polar surface area (TPSA) is 222 Å². The Balaban J connectivity index is 1.22. The van der Waals surface area contributed by atoms with Crippen LogP contribution in [0.3, 0.4) is 0 Å². The molecule has 0 aliphatic heterocycles. The number of carbonyl (C=O) groups excluding carboxylic acids is 4. The second-order valence-electron chi connectivity index (χ2n) is 13.2. The number of aliphatic carboxylic acids is 1. The quantitative estimate of drug-likeness (QED) is 0.0214. The van der Waals surface area contributed by atoms with Gasteiger partial charge in [0.05, 0.1) is 12.2 Å². The lowest BCUT2D eigenvalue weighted by atomic mass is 10.0. The molecule has 14 heteroatoms. The first-order valence-corrected chi connectivity index (χ1v) is 18.5. The van der Waals surface area contributed by atoms with Gasteiger partial charge in [0.15, 0.2) is 0 Å². The summed E-state index contributed by atoms with van der Waals surface area (Å²) < 4.78 is 11.3. The van der Waals surface area contributed by atoms with Crippen LogP contribution in [0.5, 0.6) is 11.5 Å². The number of amides is 3. The van der Waals surface area contributed by atoms with Crippen molar-refractivity contribution in [3.63, 3.8) is 0 Å². The van der Waals surface area contributed by atoms with Crippen molar-refractivity contribution in [1.82, 2.24) is 21.3 Å². The molecule has 0 saturated heterocycles. The van der Waals surface area contributed by atoms with Crippen LogP contribution in [-0.2, 0) is 19.2 Å². The van der Waals surface area contributed by atoms with Crippen LogP contribution in [0.15, 0.2) is 60.7 Å². The van der Waals surface area contributed by atoms with Crippen LogP contribution in [-0.4, -0.2) is 79.9 Å². The number of nitrogens with one attached hydrogen (secondary N) is 5. The Hall–Kier alpha value is -5.50. The molecule has 0 fully saturated rings. The fourth-order valence-corrected chi connectivity index (χ4v) is 5.54. The Kier molecular flexibility index (Phi) is 18.5. The predicted octanol–water partition coefficient (Wildman–Crippen LogP) is 4.28. The summed E-state index contributed by atoms with van der Waals surface area (Å²) in [5.41, 5.74) is 6.54. The lowest BCUT2D eigenvalue weighted by molar-refractivity contribution is -0.142. The first-order valence-electron chi connectivity index (χ1n) is 18.5. The van der Waals surface area contributed by atoms with Crippen molar-refractivity contribution in [2.75, 3.05) is 33.3 Å². The van der Waals surface area contributed by atoms with E-state index in [9.17, 15) is 29.1 Å². The van der Waals surface area contributed by atoms with Crippen molar-refractivity contribution in [3.05, 3.63) is 71.8 Å². The molecule has 0 heterocycles. The van der Waals surface area contributed by atoms with Gasteiger partial charge in [-0.1, -0.05) is 31.5 Å². The number of unbranched alkanes of at least 4 members (excludes halogenated alkanes) is 2. The summed E-state index contributed by atoms with van der Waals surface area (Å²) in [5, 5.41) is 30.1. The van der Waals surface area contributed by atoms with Gasteiger partial charge in [0.2, 0.25) is 17.7 Å². The highest BCUT2D eigenvalue weighted by Crippen LogP contribution is 2.23. The molecule has 8 N–H and O–H groups in total. The van der Waals surface area contributed by atoms with Crippen LogP contribution in [0.25, 0.3) is 10.8 Å². The Morgan fingerprint density at radius 1 is 0.741 bits per heavy atom. The van der Waals surface area contributed by atoms with E-state index >= 15 is 0 Å². The van der Waals surface area contributed by atoms with E-state index in [4.69, 9.17) is 20.6 Å². The average Bonchev–Trinajstić information content (AvgIpc) is 3.15. The van der Waals surface area contributed by atoms with Gasteiger partial charge in [-0.05, 0) is 112 Å². The van der Waals surface area contributed by atoms with E-state index in [-0.39, 0.29) is 48.7 Å². The van der Waals surface area contributed by atoms with Gasteiger partial charge < -0.3 is 41.6 Å². The minimum atomic E-state index is -1.07. The van der Waals surface area contributed by atoms with Crippen LogP contribution in [0.2, 0.25) is 0 Å². The van der Waals surface area contributed by atoms with Gasteiger partial charge in [0, 0.05) is 37.4 Å². The zero-order valence-electron chi connectivity index (χ0n) is 31.2. The third kappa shape index (κ3) is 15.6. The molecule has 0 aliphatic carbocycles. The number of carboxylic acids is 1. The number of fused-ring (bicyclic) bond motifs is 1. The summed E-state index contributed by atoms with van der Waals surface area (Å²) in [6.07, 6.45) is 5.28. The number of hydrogen-bond acceptors (Lipinski definition) is 9. The van der Waals surface area contributed by atoms with E-state index in [2.05, 4.69) is 21.3 Å².